The molecule has 0 saturated carbocycles. The maximum atomic E-state index is 13.3. The van der Waals surface area contributed by atoms with Gasteiger partial charge >= 0.3 is 6.03 Å². The maximum absolute atomic E-state index is 13.3. The number of rotatable bonds is 6. The van der Waals surface area contributed by atoms with Gasteiger partial charge in [-0.05, 0) is 30.7 Å². The van der Waals surface area contributed by atoms with E-state index in [1.807, 2.05) is 37.3 Å². The maximum Gasteiger partial charge on any atom is 0.317 e. The highest BCUT2D eigenvalue weighted by atomic mass is 35.5. The van der Waals surface area contributed by atoms with Gasteiger partial charge in [0.1, 0.15) is 11.8 Å². The Labute approximate surface area is 181 Å². The number of hydrogen-bond donors (Lipinski definition) is 2. The van der Waals surface area contributed by atoms with Crippen LogP contribution < -0.4 is 15.4 Å². The van der Waals surface area contributed by atoms with E-state index in [1.54, 1.807) is 30.2 Å². The fraction of sp³-hybridized carbons (Fsp3) is 0.364. The average molecular weight is 431 g/mol. The molecular formula is C22H27ClN4O3. The fourth-order valence-corrected chi connectivity index (χ4v) is 3.82. The Morgan fingerprint density at radius 3 is 2.40 bits per heavy atom. The first-order valence-electron chi connectivity index (χ1n) is 9.99. The van der Waals surface area contributed by atoms with E-state index in [0.717, 1.165) is 5.56 Å². The van der Waals surface area contributed by atoms with Crippen LogP contribution in [0.5, 0.6) is 5.75 Å². The lowest BCUT2D eigenvalue weighted by atomic mass is 10.0. The second kappa shape index (κ2) is 10.3. The number of methoxy groups -OCH3 is 1. The molecule has 3 amide bonds. The number of halogens is 1. The number of nitrogens with zero attached hydrogens (tertiary/aromatic N) is 2. The third-order valence-electron chi connectivity index (χ3n) is 5.08. The van der Waals surface area contributed by atoms with Gasteiger partial charge in [-0.3, -0.25) is 9.69 Å². The molecule has 0 spiro atoms. The summed E-state index contributed by atoms with van der Waals surface area (Å²) < 4.78 is 5.17. The van der Waals surface area contributed by atoms with Crippen LogP contribution in [0, 0.1) is 0 Å². The van der Waals surface area contributed by atoms with Crippen molar-refractivity contribution in [2.24, 2.45) is 0 Å². The molecule has 1 saturated heterocycles. The van der Waals surface area contributed by atoms with Crippen molar-refractivity contribution in [1.29, 1.82) is 0 Å². The van der Waals surface area contributed by atoms with Crippen molar-refractivity contribution in [2.75, 3.05) is 45.2 Å². The number of ether oxygens (including phenoxy) is 1. The summed E-state index contributed by atoms with van der Waals surface area (Å²) in [7, 11) is 1.55. The summed E-state index contributed by atoms with van der Waals surface area (Å²) in [6, 6.07) is 14.3. The molecule has 1 aliphatic rings. The molecule has 2 N–H and O–H groups in total. The SMILES string of the molecule is CCNC(=O)N1CCN(C(C(=O)Nc2ccc(OC)c(Cl)c2)c2ccccc2)CC1. The van der Waals surface area contributed by atoms with Gasteiger partial charge < -0.3 is 20.3 Å². The molecule has 2 aromatic rings. The third kappa shape index (κ3) is 5.23. The molecule has 0 aliphatic carbocycles. The highest BCUT2D eigenvalue weighted by Gasteiger charge is 2.31. The lowest BCUT2D eigenvalue weighted by Gasteiger charge is -2.38. The second-order valence-corrected chi connectivity index (χ2v) is 7.42. The topological polar surface area (TPSA) is 73.9 Å². The van der Waals surface area contributed by atoms with Crippen LogP contribution in [-0.2, 0) is 4.79 Å². The van der Waals surface area contributed by atoms with Crippen LogP contribution in [0.2, 0.25) is 5.02 Å². The molecule has 1 aliphatic heterocycles. The molecule has 0 aromatic heterocycles. The van der Waals surface area contributed by atoms with Gasteiger partial charge in [0.25, 0.3) is 0 Å². The van der Waals surface area contributed by atoms with Crippen LogP contribution in [0.25, 0.3) is 0 Å². The highest BCUT2D eigenvalue weighted by Crippen LogP contribution is 2.29. The lowest BCUT2D eigenvalue weighted by Crippen LogP contribution is -2.53. The van der Waals surface area contributed by atoms with Gasteiger partial charge in [0.05, 0.1) is 12.1 Å². The number of hydrogen-bond acceptors (Lipinski definition) is 4. The average Bonchev–Trinajstić information content (AvgIpc) is 2.75. The smallest absolute Gasteiger partial charge is 0.317 e. The Bertz CT molecular complexity index is 870. The van der Waals surface area contributed by atoms with Gasteiger partial charge in [-0.25, -0.2) is 4.79 Å². The molecule has 160 valence electrons. The first kappa shape index (κ1) is 21.9. The standard InChI is InChI=1S/C22H27ClN4O3/c1-3-24-22(29)27-13-11-26(12-14-27)20(16-7-5-4-6-8-16)21(28)25-17-9-10-19(30-2)18(23)15-17/h4-10,15,20H,3,11-14H2,1-2H3,(H,24,29)(H,25,28). The molecular weight excluding hydrogens is 404 g/mol. The van der Waals surface area contributed by atoms with Crippen molar-refractivity contribution >= 4 is 29.2 Å². The number of nitrogens with one attached hydrogen (secondary N) is 2. The molecule has 8 heteroatoms. The van der Waals surface area contributed by atoms with E-state index in [0.29, 0.717) is 49.2 Å². The van der Waals surface area contributed by atoms with Crippen molar-refractivity contribution in [3.8, 4) is 5.75 Å². The molecule has 7 nitrogen and oxygen atoms in total. The summed E-state index contributed by atoms with van der Waals surface area (Å²) in [6.07, 6.45) is 0. The van der Waals surface area contributed by atoms with Crippen molar-refractivity contribution in [3.63, 3.8) is 0 Å². The summed E-state index contributed by atoms with van der Waals surface area (Å²) in [5, 5.41) is 6.23. The van der Waals surface area contributed by atoms with Crippen molar-refractivity contribution in [2.45, 2.75) is 13.0 Å². The number of anilines is 1. The molecule has 0 radical (unpaired) electrons. The number of carbonyl (C=O) groups is 2. The van der Waals surface area contributed by atoms with Gasteiger partial charge in [0.2, 0.25) is 5.91 Å². The van der Waals surface area contributed by atoms with Gasteiger partial charge in [0, 0.05) is 38.4 Å². The van der Waals surface area contributed by atoms with Gasteiger partial charge in [-0.15, -0.1) is 0 Å². The quantitative estimate of drug-likeness (QED) is 0.736. The van der Waals surface area contributed by atoms with Gasteiger partial charge in [-0.2, -0.15) is 0 Å². The van der Waals surface area contributed by atoms with Crippen LogP contribution in [0.3, 0.4) is 0 Å². The Morgan fingerprint density at radius 2 is 1.80 bits per heavy atom. The normalized spacial score (nSPS) is 15.4. The van der Waals surface area contributed by atoms with E-state index in [4.69, 9.17) is 16.3 Å². The van der Waals surface area contributed by atoms with E-state index in [2.05, 4.69) is 15.5 Å². The zero-order valence-corrected chi connectivity index (χ0v) is 18.0. The summed E-state index contributed by atoms with van der Waals surface area (Å²) in [6.45, 7) is 4.84. The first-order chi connectivity index (χ1) is 14.5. The highest BCUT2D eigenvalue weighted by molar-refractivity contribution is 6.32. The predicted molar refractivity (Wildman–Crippen MR) is 118 cm³/mol. The monoisotopic (exact) mass is 430 g/mol. The van der Waals surface area contributed by atoms with Crippen LogP contribution in [0.1, 0.15) is 18.5 Å². The van der Waals surface area contributed by atoms with E-state index in [1.165, 1.54) is 0 Å². The zero-order chi connectivity index (χ0) is 21.5. The molecule has 2 aromatic carbocycles. The molecule has 1 atom stereocenters. The fourth-order valence-electron chi connectivity index (χ4n) is 3.56. The molecule has 0 bridgehead atoms. The van der Waals surface area contributed by atoms with Gasteiger partial charge in [0.15, 0.2) is 0 Å². The van der Waals surface area contributed by atoms with E-state index < -0.39 is 6.04 Å². The Hall–Kier alpha value is -2.77. The van der Waals surface area contributed by atoms with Crippen molar-refractivity contribution in [3.05, 3.63) is 59.1 Å². The minimum atomic E-state index is -0.469. The Morgan fingerprint density at radius 1 is 1.10 bits per heavy atom. The number of urea groups is 1. The summed E-state index contributed by atoms with van der Waals surface area (Å²) in [5.74, 6) is 0.407. The van der Waals surface area contributed by atoms with Crippen LogP contribution in [0.15, 0.2) is 48.5 Å². The number of carbonyl (C=O) groups excluding carboxylic acids is 2. The predicted octanol–water partition coefficient (Wildman–Crippen LogP) is 3.38. The minimum absolute atomic E-state index is 0.0641. The van der Waals surface area contributed by atoms with E-state index in [-0.39, 0.29) is 11.9 Å². The van der Waals surface area contributed by atoms with Crippen LogP contribution in [0.4, 0.5) is 10.5 Å². The first-order valence-corrected chi connectivity index (χ1v) is 10.4. The molecule has 1 unspecified atom stereocenters. The Kier molecular flexibility index (Phi) is 7.54. The van der Waals surface area contributed by atoms with Crippen molar-refractivity contribution < 1.29 is 14.3 Å². The third-order valence-corrected chi connectivity index (χ3v) is 5.37. The molecule has 30 heavy (non-hydrogen) atoms. The minimum Gasteiger partial charge on any atom is -0.495 e. The second-order valence-electron chi connectivity index (χ2n) is 7.01. The number of amides is 3. The summed E-state index contributed by atoms with van der Waals surface area (Å²) >= 11 is 6.20. The summed E-state index contributed by atoms with van der Waals surface area (Å²) in [5.41, 5.74) is 1.51. The van der Waals surface area contributed by atoms with E-state index >= 15 is 0 Å². The molecule has 1 heterocycles. The number of benzene rings is 2. The van der Waals surface area contributed by atoms with Crippen LogP contribution >= 0.6 is 11.6 Å². The molecule has 1 fully saturated rings. The lowest BCUT2D eigenvalue weighted by molar-refractivity contribution is -0.122. The van der Waals surface area contributed by atoms with Crippen LogP contribution in [-0.4, -0.2) is 61.6 Å². The van der Waals surface area contributed by atoms with E-state index in [9.17, 15) is 9.59 Å². The zero-order valence-electron chi connectivity index (χ0n) is 17.2. The van der Waals surface area contributed by atoms with Gasteiger partial charge in [-0.1, -0.05) is 41.9 Å². The Balaban J connectivity index is 1.76. The summed E-state index contributed by atoms with van der Waals surface area (Å²) in [4.78, 5) is 29.3. The number of piperazine rings is 1. The van der Waals surface area contributed by atoms with Crippen molar-refractivity contribution in [1.82, 2.24) is 15.1 Å². The molecule has 3 rings (SSSR count). The largest absolute Gasteiger partial charge is 0.495 e.